The lowest BCUT2D eigenvalue weighted by Crippen LogP contribution is -2.44. The molecule has 2 fully saturated rings. The van der Waals surface area contributed by atoms with Gasteiger partial charge in [-0.1, -0.05) is 43.2 Å². The molecule has 0 bridgehead atoms. The third-order valence-corrected chi connectivity index (χ3v) is 5.91. The van der Waals surface area contributed by atoms with E-state index in [1.165, 1.54) is 0 Å². The lowest BCUT2D eigenvalue weighted by Gasteiger charge is -2.36. The maximum absolute atomic E-state index is 13.2. The molecule has 0 amide bonds. The number of hydrogen-bond acceptors (Lipinski definition) is 3. The Labute approximate surface area is 144 Å². The number of hydrogen-bond donors (Lipinski definition) is 0. The van der Waals surface area contributed by atoms with E-state index in [0.29, 0.717) is 11.5 Å². The van der Waals surface area contributed by atoms with Crippen LogP contribution in [-0.2, 0) is 9.53 Å². The molecule has 0 N–H and O–H groups in total. The number of fused-ring (bicyclic) bond motifs is 1. The Hall–Kier alpha value is -1.64. The summed E-state index contributed by atoms with van der Waals surface area (Å²) in [7, 11) is 0. The van der Waals surface area contributed by atoms with Crippen LogP contribution in [0.5, 0.6) is 0 Å². The molecule has 3 nitrogen and oxygen atoms in total. The van der Waals surface area contributed by atoms with Gasteiger partial charge in [-0.25, -0.2) is 0 Å². The van der Waals surface area contributed by atoms with Crippen LogP contribution >= 0.6 is 0 Å². The molecule has 3 rings (SSSR count). The molecule has 1 aromatic carbocycles. The van der Waals surface area contributed by atoms with E-state index in [-0.39, 0.29) is 23.6 Å². The van der Waals surface area contributed by atoms with E-state index in [9.17, 15) is 9.59 Å². The van der Waals surface area contributed by atoms with Crippen LogP contribution in [-0.4, -0.2) is 17.4 Å². The summed E-state index contributed by atoms with van der Waals surface area (Å²) in [5, 5.41) is 0. The van der Waals surface area contributed by atoms with Crippen molar-refractivity contribution in [3.05, 3.63) is 35.9 Å². The fourth-order valence-electron chi connectivity index (χ4n) is 4.78. The Morgan fingerprint density at radius 3 is 2.42 bits per heavy atom. The number of benzene rings is 1. The number of Topliss-reactive ketones (excluding diaryl/α,β-unsaturated/α-hetero) is 1. The SMILES string of the molecule is CC(C)(C)OC(=O)[C@]1(C)[C@@H](C(=O)c2ccccc2)C[C@H]2CCC[C@H]21. The first-order valence-electron chi connectivity index (χ1n) is 9.06. The lowest BCUT2D eigenvalue weighted by atomic mass is 9.70. The van der Waals surface area contributed by atoms with Crippen LogP contribution in [0.25, 0.3) is 0 Å². The zero-order valence-electron chi connectivity index (χ0n) is 15.2. The van der Waals surface area contributed by atoms with Gasteiger partial charge in [0.25, 0.3) is 0 Å². The van der Waals surface area contributed by atoms with E-state index in [1.807, 2.05) is 58.0 Å². The van der Waals surface area contributed by atoms with Crippen LogP contribution in [0, 0.1) is 23.2 Å². The topological polar surface area (TPSA) is 43.4 Å². The monoisotopic (exact) mass is 328 g/mol. The third kappa shape index (κ3) is 2.89. The fraction of sp³-hybridized carbons (Fsp3) is 0.619. The molecule has 2 aliphatic carbocycles. The van der Waals surface area contributed by atoms with Crippen LogP contribution in [0.1, 0.15) is 63.7 Å². The predicted octanol–water partition coefficient (Wildman–Crippen LogP) is 4.65. The first-order valence-corrected chi connectivity index (χ1v) is 9.06. The predicted molar refractivity (Wildman–Crippen MR) is 93.7 cm³/mol. The Bertz CT molecular complexity index is 628. The Balaban J connectivity index is 1.95. The Kier molecular flexibility index (Phi) is 4.31. The van der Waals surface area contributed by atoms with Gasteiger partial charge in [0.05, 0.1) is 5.41 Å². The van der Waals surface area contributed by atoms with E-state index < -0.39 is 11.0 Å². The molecular weight excluding hydrogens is 300 g/mol. The third-order valence-electron chi connectivity index (χ3n) is 5.91. The van der Waals surface area contributed by atoms with Crippen molar-refractivity contribution < 1.29 is 14.3 Å². The molecule has 1 aromatic rings. The lowest BCUT2D eigenvalue weighted by molar-refractivity contribution is -0.171. The quantitative estimate of drug-likeness (QED) is 0.599. The molecule has 2 saturated carbocycles. The second-order valence-electron chi connectivity index (χ2n) is 8.60. The van der Waals surface area contributed by atoms with Crippen molar-refractivity contribution in [1.82, 2.24) is 0 Å². The molecular formula is C21H28O3. The smallest absolute Gasteiger partial charge is 0.313 e. The van der Waals surface area contributed by atoms with Gasteiger partial charge in [-0.3, -0.25) is 9.59 Å². The maximum atomic E-state index is 13.2. The first kappa shape index (κ1) is 17.2. The normalized spacial score (nSPS) is 32.4. The van der Waals surface area contributed by atoms with Crippen molar-refractivity contribution in [2.75, 3.05) is 0 Å². The van der Waals surface area contributed by atoms with Gasteiger partial charge in [0.15, 0.2) is 5.78 Å². The minimum Gasteiger partial charge on any atom is -0.460 e. The van der Waals surface area contributed by atoms with Gasteiger partial charge in [-0.15, -0.1) is 0 Å². The molecule has 0 radical (unpaired) electrons. The highest BCUT2D eigenvalue weighted by Gasteiger charge is 2.61. The van der Waals surface area contributed by atoms with Crippen molar-refractivity contribution in [1.29, 1.82) is 0 Å². The molecule has 4 atom stereocenters. The van der Waals surface area contributed by atoms with Gasteiger partial charge in [-0.05, 0) is 52.4 Å². The summed E-state index contributed by atoms with van der Waals surface area (Å²) in [5.41, 5.74) is -0.532. The van der Waals surface area contributed by atoms with Crippen LogP contribution in [0.15, 0.2) is 30.3 Å². The summed E-state index contributed by atoms with van der Waals surface area (Å²) in [5.74, 6) is 0.368. The van der Waals surface area contributed by atoms with Crippen molar-refractivity contribution in [2.45, 2.75) is 59.0 Å². The number of esters is 1. The summed E-state index contributed by atoms with van der Waals surface area (Å²) in [4.78, 5) is 26.3. The van der Waals surface area contributed by atoms with E-state index in [1.54, 1.807) is 0 Å². The van der Waals surface area contributed by atoms with Crippen LogP contribution in [0.4, 0.5) is 0 Å². The molecule has 0 saturated heterocycles. The second-order valence-corrected chi connectivity index (χ2v) is 8.60. The van der Waals surface area contributed by atoms with E-state index >= 15 is 0 Å². The first-order chi connectivity index (χ1) is 11.2. The van der Waals surface area contributed by atoms with E-state index in [4.69, 9.17) is 4.74 Å². The number of carbonyl (C=O) groups is 2. The summed E-state index contributed by atoms with van der Waals surface area (Å²) < 4.78 is 5.76. The van der Waals surface area contributed by atoms with Crippen LogP contribution in [0.2, 0.25) is 0 Å². The minimum absolute atomic E-state index is 0.0957. The van der Waals surface area contributed by atoms with Gasteiger partial charge in [-0.2, -0.15) is 0 Å². The molecule has 2 aliphatic rings. The van der Waals surface area contributed by atoms with Gasteiger partial charge >= 0.3 is 5.97 Å². The second kappa shape index (κ2) is 6.02. The number of ether oxygens (including phenoxy) is 1. The van der Waals surface area contributed by atoms with Crippen molar-refractivity contribution in [2.24, 2.45) is 23.2 Å². The molecule has 0 spiro atoms. The molecule has 130 valence electrons. The van der Waals surface area contributed by atoms with Crippen molar-refractivity contribution in [3.8, 4) is 0 Å². The molecule has 0 aliphatic heterocycles. The Morgan fingerprint density at radius 2 is 1.79 bits per heavy atom. The molecule has 0 unspecified atom stereocenters. The maximum Gasteiger partial charge on any atom is 0.313 e. The van der Waals surface area contributed by atoms with Crippen LogP contribution in [0.3, 0.4) is 0 Å². The standard InChI is InChI=1S/C21H28O3/c1-20(2,3)24-19(23)21(4)16-12-8-11-15(16)13-17(21)18(22)14-9-6-5-7-10-14/h5-7,9-10,15-17H,8,11-13H2,1-4H3/t15-,16-,17-,21+/m1/s1. The zero-order chi connectivity index (χ0) is 17.5. The van der Waals surface area contributed by atoms with E-state index in [2.05, 4.69) is 0 Å². The highest BCUT2D eigenvalue weighted by molar-refractivity contribution is 6.01. The van der Waals surface area contributed by atoms with Crippen LogP contribution < -0.4 is 0 Å². The van der Waals surface area contributed by atoms with Crippen molar-refractivity contribution in [3.63, 3.8) is 0 Å². The van der Waals surface area contributed by atoms with Gasteiger partial charge in [0.1, 0.15) is 5.60 Å². The fourth-order valence-corrected chi connectivity index (χ4v) is 4.78. The van der Waals surface area contributed by atoms with Crippen molar-refractivity contribution >= 4 is 11.8 Å². The largest absolute Gasteiger partial charge is 0.460 e. The summed E-state index contributed by atoms with van der Waals surface area (Å²) in [6.07, 6.45) is 4.12. The molecule has 24 heavy (non-hydrogen) atoms. The average molecular weight is 328 g/mol. The molecule has 0 heterocycles. The summed E-state index contributed by atoms with van der Waals surface area (Å²) in [6, 6.07) is 9.38. The van der Waals surface area contributed by atoms with E-state index in [0.717, 1.165) is 25.7 Å². The number of rotatable bonds is 3. The van der Waals surface area contributed by atoms with Gasteiger partial charge < -0.3 is 4.74 Å². The highest BCUT2D eigenvalue weighted by atomic mass is 16.6. The van der Waals surface area contributed by atoms with Gasteiger partial charge in [0, 0.05) is 11.5 Å². The number of carbonyl (C=O) groups excluding carboxylic acids is 2. The highest BCUT2D eigenvalue weighted by Crippen LogP contribution is 2.59. The average Bonchev–Trinajstić information content (AvgIpc) is 3.08. The Morgan fingerprint density at radius 1 is 1.12 bits per heavy atom. The zero-order valence-corrected chi connectivity index (χ0v) is 15.2. The number of ketones is 1. The molecule has 3 heteroatoms. The minimum atomic E-state index is -0.707. The molecule has 0 aromatic heterocycles. The van der Waals surface area contributed by atoms with Gasteiger partial charge in [0.2, 0.25) is 0 Å². The summed E-state index contributed by atoms with van der Waals surface area (Å²) in [6.45, 7) is 7.65. The summed E-state index contributed by atoms with van der Waals surface area (Å²) >= 11 is 0.